The Balaban J connectivity index is 2.14. The predicted molar refractivity (Wildman–Crippen MR) is 87.2 cm³/mol. The summed E-state index contributed by atoms with van der Waals surface area (Å²) in [6, 6.07) is 8.67. The second-order valence-corrected chi connectivity index (χ2v) is 5.34. The van der Waals surface area contributed by atoms with Crippen LogP contribution in [0, 0.1) is 0 Å². The average Bonchev–Trinajstić information content (AvgIpc) is 2.54. The van der Waals surface area contributed by atoms with E-state index >= 15 is 0 Å². The molecule has 0 saturated carbocycles. The highest BCUT2D eigenvalue weighted by Crippen LogP contribution is 2.35. The fraction of sp³-hybridized carbons (Fsp3) is 0.118. The Hall–Kier alpha value is -2.61. The molecule has 0 fully saturated rings. The maximum Gasteiger partial charge on any atom is 0.417 e. The number of anilines is 1. The molecule has 3 nitrogen and oxygen atoms in total. The highest BCUT2D eigenvalue weighted by atomic mass is 35.5. The van der Waals surface area contributed by atoms with Crippen molar-refractivity contribution in [3.8, 4) is 5.75 Å². The molecule has 0 saturated heterocycles. The van der Waals surface area contributed by atoms with Gasteiger partial charge in [-0.1, -0.05) is 29.8 Å². The van der Waals surface area contributed by atoms with E-state index in [9.17, 15) is 26.7 Å². The summed E-state index contributed by atoms with van der Waals surface area (Å²) in [5, 5.41) is 1.85. The maximum atomic E-state index is 12.8. The summed E-state index contributed by atoms with van der Waals surface area (Å²) in [7, 11) is 0. The fourth-order valence-corrected chi connectivity index (χ4v) is 2.20. The third-order valence-electron chi connectivity index (χ3n) is 3.08. The van der Waals surface area contributed by atoms with Crippen LogP contribution < -0.4 is 10.1 Å². The van der Waals surface area contributed by atoms with Crippen LogP contribution in [0.15, 0.2) is 48.5 Å². The van der Waals surface area contributed by atoms with E-state index in [4.69, 9.17) is 11.6 Å². The molecule has 2 aromatic rings. The molecule has 0 heterocycles. The van der Waals surface area contributed by atoms with Gasteiger partial charge in [-0.15, -0.1) is 0 Å². The Morgan fingerprint density at radius 1 is 1.15 bits per heavy atom. The summed E-state index contributed by atoms with van der Waals surface area (Å²) in [5.74, 6) is -0.978. The maximum absolute atomic E-state index is 12.8. The quantitative estimate of drug-likeness (QED) is 0.531. The first-order valence-corrected chi connectivity index (χ1v) is 7.44. The van der Waals surface area contributed by atoms with Crippen molar-refractivity contribution in [2.45, 2.75) is 12.8 Å². The SMILES string of the molecule is O=C(/C=C/c1ccc(Cl)c(C(F)(F)F)c1)Nc1ccccc1OC(F)F. The van der Waals surface area contributed by atoms with E-state index in [1.807, 2.05) is 0 Å². The Labute approximate surface area is 150 Å². The van der Waals surface area contributed by atoms with Crippen LogP contribution in [-0.2, 0) is 11.0 Å². The number of carbonyl (C=O) groups excluding carboxylic acids is 1. The molecule has 9 heteroatoms. The Morgan fingerprint density at radius 3 is 2.50 bits per heavy atom. The normalized spacial score (nSPS) is 11.8. The van der Waals surface area contributed by atoms with Crippen molar-refractivity contribution in [2.24, 2.45) is 0 Å². The van der Waals surface area contributed by atoms with Crippen LogP contribution in [-0.4, -0.2) is 12.5 Å². The number of para-hydroxylation sites is 2. The van der Waals surface area contributed by atoms with Crippen molar-refractivity contribution in [1.29, 1.82) is 0 Å². The standard InChI is InChI=1S/C17H11ClF5NO2/c18-12-7-5-10(9-11(12)17(21,22)23)6-8-15(25)24-13-3-1-2-4-14(13)26-16(19)20/h1-9,16H,(H,24,25)/b8-6+. The summed E-state index contributed by atoms with van der Waals surface area (Å²) in [6.45, 7) is -3.07. The molecule has 0 aliphatic rings. The molecule has 0 atom stereocenters. The zero-order valence-corrected chi connectivity index (χ0v) is 13.6. The van der Waals surface area contributed by atoms with E-state index in [0.29, 0.717) is 0 Å². The number of hydrogen-bond donors (Lipinski definition) is 1. The first-order chi connectivity index (χ1) is 12.2. The minimum absolute atomic E-state index is 0.00506. The topological polar surface area (TPSA) is 38.3 Å². The Kier molecular flexibility index (Phi) is 6.20. The number of halogens is 6. The molecule has 0 aromatic heterocycles. The number of alkyl halides is 5. The number of benzene rings is 2. The van der Waals surface area contributed by atoms with Gasteiger partial charge in [-0.3, -0.25) is 4.79 Å². The molecule has 1 amide bonds. The average molecular weight is 392 g/mol. The van der Waals surface area contributed by atoms with Gasteiger partial charge in [0.05, 0.1) is 16.3 Å². The van der Waals surface area contributed by atoms with Gasteiger partial charge in [0.25, 0.3) is 0 Å². The molecule has 0 spiro atoms. The van der Waals surface area contributed by atoms with Gasteiger partial charge in [0.2, 0.25) is 5.91 Å². The number of rotatable bonds is 5. The molecule has 0 radical (unpaired) electrons. The lowest BCUT2D eigenvalue weighted by Gasteiger charge is -2.10. The van der Waals surface area contributed by atoms with Crippen LogP contribution in [0.2, 0.25) is 5.02 Å². The highest BCUT2D eigenvalue weighted by molar-refractivity contribution is 6.31. The van der Waals surface area contributed by atoms with Gasteiger partial charge in [0.1, 0.15) is 5.75 Å². The Morgan fingerprint density at radius 2 is 1.85 bits per heavy atom. The van der Waals surface area contributed by atoms with Gasteiger partial charge in [0.15, 0.2) is 0 Å². The molecule has 138 valence electrons. The summed E-state index contributed by atoms with van der Waals surface area (Å²) in [4.78, 5) is 11.9. The second-order valence-electron chi connectivity index (χ2n) is 4.93. The van der Waals surface area contributed by atoms with Crippen molar-refractivity contribution in [2.75, 3.05) is 5.32 Å². The van der Waals surface area contributed by atoms with Gasteiger partial charge in [-0.2, -0.15) is 22.0 Å². The number of ether oxygens (including phenoxy) is 1. The molecular formula is C17H11ClF5NO2. The number of amides is 1. The van der Waals surface area contributed by atoms with E-state index in [-0.39, 0.29) is 17.0 Å². The third-order valence-corrected chi connectivity index (χ3v) is 3.41. The van der Waals surface area contributed by atoms with Crippen molar-refractivity contribution in [3.63, 3.8) is 0 Å². The lowest BCUT2D eigenvalue weighted by molar-refractivity contribution is -0.137. The molecule has 0 aliphatic heterocycles. The Bertz CT molecular complexity index is 821. The molecule has 0 bridgehead atoms. The summed E-state index contributed by atoms with van der Waals surface area (Å²) in [6.07, 6.45) is -2.53. The number of carbonyl (C=O) groups is 1. The van der Waals surface area contributed by atoms with Crippen LogP contribution in [0.4, 0.5) is 27.6 Å². The molecule has 26 heavy (non-hydrogen) atoms. The molecule has 2 aromatic carbocycles. The summed E-state index contributed by atoms with van der Waals surface area (Å²) in [5.41, 5.74) is -0.944. The molecule has 0 unspecified atom stereocenters. The van der Waals surface area contributed by atoms with Gasteiger partial charge >= 0.3 is 12.8 Å². The zero-order valence-electron chi connectivity index (χ0n) is 12.9. The van der Waals surface area contributed by atoms with Crippen molar-refractivity contribution in [1.82, 2.24) is 0 Å². The minimum atomic E-state index is -4.63. The summed E-state index contributed by atoms with van der Waals surface area (Å²) >= 11 is 5.51. The lowest BCUT2D eigenvalue weighted by atomic mass is 10.1. The van der Waals surface area contributed by atoms with Crippen molar-refractivity contribution >= 4 is 29.3 Å². The predicted octanol–water partition coefficient (Wildman–Crippen LogP) is 5.61. The van der Waals surface area contributed by atoms with Crippen LogP contribution in [0.1, 0.15) is 11.1 Å². The van der Waals surface area contributed by atoms with Crippen molar-refractivity contribution < 1.29 is 31.5 Å². The van der Waals surface area contributed by atoms with E-state index < -0.39 is 29.3 Å². The number of nitrogens with one attached hydrogen (secondary N) is 1. The van der Waals surface area contributed by atoms with Crippen LogP contribution >= 0.6 is 11.6 Å². The first-order valence-electron chi connectivity index (χ1n) is 7.06. The summed E-state index contributed by atoms with van der Waals surface area (Å²) < 4.78 is 67.3. The molecule has 2 rings (SSSR count). The van der Waals surface area contributed by atoms with Gasteiger partial charge < -0.3 is 10.1 Å². The van der Waals surface area contributed by atoms with Gasteiger partial charge in [-0.25, -0.2) is 0 Å². The van der Waals surface area contributed by atoms with Gasteiger partial charge in [0, 0.05) is 6.08 Å². The van der Waals surface area contributed by atoms with Crippen LogP contribution in [0.3, 0.4) is 0 Å². The lowest BCUT2D eigenvalue weighted by Crippen LogP contribution is -2.11. The van der Waals surface area contributed by atoms with E-state index in [1.165, 1.54) is 30.3 Å². The van der Waals surface area contributed by atoms with E-state index in [0.717, 1.165) is 24.3 Å². The molecule has 0 aliphatic carbocycles. The minimum Gasteiger partial charge on any atom is -0.433 e. The zero-order chi connectivity index (χ0) is 19.3. The van der Waals surface area contributed by atoms with E-state index in [1.54, 1.807) is 0 Å². The largest absolute Gasteiger partial charge is 0.433 e. The monoisotopic (exact) mass is 391 g/mol. The van der Waals surface area contributed by atoms with Crippen LogP contribution in [0.25, 0.3) is 6.08 Å². The first kappa shape index (κ1) is 19.7. The third kappa shape index (κ3) is 5.45. The van der Waals surface area contributed by atoms with Gasteiger partial charge in [-0.05, 0) is 35.9 Å². The smallest absolute Gasteiger partial charge is 0.417 e. The second kappa shape index (κ2) is 8.18. The molecule has 1 N–H and O–H groups in total. The number of hydrogen-bond acceptors (Lipinski definition) is 2. The van der Waals surface area contributed by atoms with Crippen molar-refractivity contribution in [3.05, 3.63) is 64.7 Å². The van der Waals surface area contributed by atoms with E-state index in [2.05, 4.69) is 10.1 Å². The fourth-order valence-electron chi connectivity index (χ4n) is 1.98. The van der Waals surface area contributed by atoms with Crippen LogP contribution in [0.5, 0.6) is 5.75 Å². The highest BCUT2D eigenvalue weighted by Gasteiger charge is 2.33. The molecular weight excluding hydrogens is 381 g/mol.